The molecule has 0 aliphatic heterocycles. The number of rotatable bonds is 6. The summed E-state index contributed by atoms with van der Waals surface area (Å²) < 4.78 is 8.73. The molecule has 108 valence electrons. The number of aryl methyl sites for hydroxylation is 2. The monoisotopic (exact) mass is 277 g/mol. The molecule has 0 unspecified atom stereocenters. The van der Waals surface area contributed by atoms with E-state index in [1.165, 1.54) is 0 Å². The maximum absolute atomic E-state index is 11.9. The first-order valence-corrected chi connectivity index (χ1v) is 6.69. The van der Waals surface area contributed by atoms with Crippen molar-refractivity contribution in [3.63, 3.8) is 0 Å². The quantitative estimate of drug-likeness (QED) is 0.747. The molecule has 0 fully saturated rings. The smallest absolute Gasteiger partial charge is 0.360 e. The van der Waals surface area contributed by atoms with Gasteiger partial charge < -0.3 is 9.30 Å². The number of carbonyl (C=O) groups excluding carboxylic acids is 1. The van der Waals surface area contributed by atoms with Crippen LogP contribution < -0.4 is 0 Å². The first-order chi connectivity index (χ1) is 9.63. The van der Waals surface area contributed by atoms with Crippen molar-refractivity contribution in [2.45, 2.75) is 39.8 Å². The van der Waals surface area contributed by atoms with E-state index < -0.39 is 5.97 Å². The van der Waals surface area contributed by atoms with Crippen LogP contribution in [0.4, 0.5) is 0 Å². The van der Waals surface area contributed by atoms with E-state index >= 15 is 0 Å². The minimum absolute atomic E-state index is 0.146. The molecule has 7 heteroatoms. The molecule has 0 radical (unpaired) electrons. The zero-order valence-electron chi connectivity index (χ0n) is 12.0. The van der Waals surface area contributed by atoms with Crippen LogP contribution in [-0.2, 0) is 17.8 Å². The van der Waals surface area contributed by atoms with E-state index in [1.54, 1.807) is 24.1 Å². The zero-order valence-corrected chi connectivity index (χ0v) is 12.0. The van der Waals surface area contributed by atoms with Crippen LogP contribution in [0, 0.1) is 0 Å². The molecule has 0 bridgehead atoms. The Morgan fingerprint density at radius 1 is 1.40 bits per heavy atom. The fourth-order valence-corrected chi connectivity index (χ4v) is 2.03. The predicted octanol–water partition coefficient (Wildman–Crippen LogP) is 1.47. The highest BCUT2D eigenvalue weighted by molar-refractivity contribution is 5.88. The Hall–Kier alpha value is -2.18. The maximum Gasteiger partial charge on any atom is 0.360 e. The average molecular weight is 277 g/mol. The van der Waals surface area contributed by atoms with Crippen molar-refractivity contribution in [2.75, 3.05) is 6.61 Å². The lowest BCUT2D eigenvalue weighted by atomic mass is 10.1. The van der Waals surface area contributed by atoms with Gasteiger partial charge in [0.15, 0.2) is 5.69 Å². The SMILES string of the molecule is CCOC(=O)c1nnn(CCn2ccnc2)c1C(C)C. The minimum Gasteiger partial charge on any atom is -0.461 e. The predicted molar refractivity (Wildman–Crippen MR) is 72.3 cm³/mol. The summed E-state index contributed by atoms with van der Waals surface area (Å²) in [6.07, 6.45) is 5.37. The van der Waals surface area contributed by atoms with Crippen molar-refractivity contribution in [1.29, 1.82) is 0 Å². The normalized spacial score (nSPS) is 11.0. The molecule has 7 nitrogen and oxygen atoms in total. The number of aromatic nitrogens is 5. The number of hydrogen-bond acceptors (Lipinski definition) is 5. The lowest BCUT2D eigenvalue weighted by Gasteiger charge is -2.10. The van der Waals surface area contributed by atoms with Crippen molar-refractivity contribution < 1.29 is 9.53 Å². The third-order valence-electron chi connectivity index (χ3n) is 2.92. The first-order valence-electron chi connectivity index (χ1n) is 6.69. The van der Waals surface area contributed by atoms with Crippen LogP contribution in [0.25, 0.3) is 0 Å². The summed E-state index contributed by atoms with van der Waals surface area (Å²) in [7, 11) is 0. The molecule has 0 atom stereocenters. The lowest BCUT2D eigenvalue weighted by Crippen LogP contribution is -2.14. The molecule has 0 N–H and O–H groups in total. The van der Waals surface area contributed by atoms with Crippen molar-refractivity contribution in [3.05, 3.63) is 30.1 Å². The van der Waals surface area contributed by atoms with Crippen LogP contribution >= 0.6 is 0 Å². The molecule has 2 rings (SSSR count). The second kappa shape index (κ2) is 6.31. The topological polar surface area (TPSA) is 74.8 Å². The molecule has 0 aromatic carbocycles. The summed E-state index contributed by atoms with van der Waals surface area (Å²) >= 11 is 0. The average Bonchev–Trinajstić information content (AvgIpc) is 3.05. The molecular formula is C13H19N5O2. The van der Waals surface area contributed by atoms with E-state index in [0.717, 1.165) is 12.2 Å². The molecule has 0 saturated heterocycles. The van der Waals surface area contributed by atoms with E-state index in [4.69, 9.17) is 4.74 Å². The molecule has 0 aliphatic carbocycles. The fourth-order valence-electron chi connectivity index (χ4n) is 2.03. The van der Waals surface area contributed by atoms with Gasteiger partial charge >= 0.3 is 5.97 Å². The summed E-state index contributed by atoms with van der Waals surface area (Å²) in [5.41, 5.74) is 1.12. The van der Waals surface area contributed by atoms with Crippen molar-refractivity contribution in [3.8, 4) is 0 Å². The highest BCUT2D eigenvalue weighted by atomic mass is 16.5. The summed E-state index contributed by atoms with van der Waals surface area (Å²) in [6, 6.07) is 0. The van der Waals surface area contributed by atoms with Gasteiger partial charge in [0.2, 0.25) is 0 Å². The summed E-state index contributed by atoms with van der Waals surface area (Å²) in [5, 5.41) is 8.04. The summed E-state index contributed by atoms with van der Waals surface area (Å²) in [5.74, 6) is -0.266. The van der Waals surface area contributed by atoms with Crippen LogP contribution in [0.15, 0.2) is 18.7 Å². The van der Waals surface area contributed by atoms with Crippen LogP contribution in [0.3, 0.4) is 0 Å². The number of imidazole rings is 1. The van der Waals surface area contributed by atoms with Gasteiger partial charge in [-0.15, -0.1) is 5.10 Å². The van der Waals surface area contributed by atoms with Gasteiger partial charge in [0.25, 0.3) is 0 Å². The van der Waals surface area contributed by atoms with E-state index in [2.05, 4.69) is 15.3 Å². The number of nitrogens with zero attached hydrogens (tertiary/aromatic N) is 5. The van der Waals surface area contributed by atoms with Gasteiger partial charge in [-0.1, -0.05) is 19.1 Å². The van der Waals surface area contributed by atoms with Crippen LogP contribution in [-0.4, -0.2) is 37.1 Å². The van der Waals surface area contributed by atoms with Gasteiger partial charge in [-0.3, -0.25) is 0 Å². The number of esters is 1. The molecule has 2 aromatic rings. The van der Waals surface area contributed by atoms with Crippen LogP contribution in [0.5, 0.6) is 0 Å². The Kier molecular flexibility index (Phi) is 4.49. The van der Waals surface area contributed by atoms with E-state index in [0.29, 0.717) is 18.8 Å². The first kappa shape index (κ1) is 14.2. The van der Waals surface area contributed by atoms with Gasteiger partial charge in [-0.05, 0) is 12.8 Å². The van der Waals surface area contributed by atoms with Crippen LogP contribution in [0.2, 0.25) is 0 Å². The third-order valence-corrected chi connectivity index (χ3v) is 2.92. The highest BCUT2D eigenvalue weighted by Crippen LogP contribution is 2.18. The molecule has 0 aliphatic rings. The summed E-state index contributed by atoms with van der Waals surface area (Å²) in [6.45, 7) is 7.49. The Labute approximate surface area is 117 Å². The molecule has 20 heavy (non-hydrogen) atoms. The standard InChI is InChI=1S/C13H19N5O2/c1-4-20-13(19)11-12(10(2)3)18(16-15-11)8-7-17-6-5-14-9-17/h5-6,9-10H,4,7-8H2,1-3H3. The van der Waals surface area contributed by atoms with Crippen molar-refractivity contribution in [2.24, 2.45) is 0 Å². The Morgan fingerprint density at radius 2 is 2.20 bits per heavy atom. The van der Waals surface area contributed by atoms with Gasteiger partial charge in [-0.2, -0.15) is 0 Å². The highest BCUT2D eigenvalue weighted by Gasteiger charge is 2.22. The van der Waals surface area contributed by atoms with E-state index in [1.807, 2.05) is 24.6 Å². The van der Waals surface area contributed by atoms with Crippen molar-refractivity contribution in [1.82, 2.24) is 24.5 Å². The second-order valence-corrected chi connectivity index (χ2v) is 4.72. The molecule has 0 amide bonds. The Morgan fingerprint density at radius 3 is 2.80 bits per heavy atom. The lowest BCUT2D eigenvalue weighted by molar-refractivity contribution is 0.0517. The maximum atomic E-state index is 11.9. The van der Waals surface area contributed by atoms with Crippen molar-refractivity contribution >= 4 is 5.97 Å². The van der Waals surface area contributed by atoms with Gasteiger partial charge in [-0.25, -0.2) is 14.5 Å². The zero-order chi connectivity index (χ0) is 14.5. The second-order valence-electron chi connectivity index (χ2n) is 4.72. The number of hydrogen-bond donors (Lipinski definition) is 0. The molecule has 0 spiro atoms. The van der Waals surface area contributed by atoms with Gasteiger partial charge in [0, 0.05) is 18.9 Å². The van der Waals surface area contributed by atoms with E-state index in [-0.39, 0.29) is 5.92 Å². The fraction of sp³-hybridized carbons (Fsp3) is 0.538. The van der Waals surface area contributed by atoms with Crippen LogP contribution in [0.1, 0.15) is 42.9 Å². The molecular weight excluding hydrogens is 258 g/mol. The number of ether oxygens (including phenoxy) is 1. The minimum atomic E-state index is -0.412. The summed E-state index contributed by atoms with van der Waals surface area (Å²) in [4.78, 5) is 15.9. The largest absolute Gasteiger partial charge is 0.461 e. The number of carbonyl (C=O) groups is 1. The molecule has 0 saturated carbocycles. The van der Waals surface area contributed by atoms with Gasteiger partial charge in [0.05, 0.1) is 25.2 Å². The van der Waals surface area contributed by atoms with Gasteiger partial charge in [0.1, 0.15) is 0 Å². The third kappa shape index (κ3) is 3.04. The molecule has 2 heterocycles. The Bertz CT molecular complexity index is 559. The Balaban J connectivity index is 2.18. The molecule has 2 aromatic heterocycles. The van der Waals surface area contributed by atoms with E-state index in [9.17, 15) is 4.79 Å².